The maximum atomic E-state index is 5.80. The molecule has 0 aliphatic heterocycles. The van der Waals surface area contributed by atoms with Crippen LogP contribution in [0.5, 0.6) is 0 Å². The molecule has 1 rings (SSSR count). The first-order valence-corrected chi connectivity index (χ1v) is 7.38. The molecule has 2 N–H and O–H groups in total. The minimum atomic E-state index is -1.74. The highest BCUT2D eigenvalue weighted by molar-refractivity contribution is 6.61. The van der Waals surface area contributed by atoms with Crippen LogP contribution in [0.25, 0.3) is 0 Å². The molecule has 0 aromatic heterocycles. The molecule has 0 amide bonds. The normalized spacial score (nSPS) is 10.9. The molecule has 0 atom stereocenters. The van der Waals surface area contributed by atoms with Gasteiger partial charge in [-0.15, -0.1) is 0 Å². The third kappa shape index (κ3) is 4.34. The lowest BCUT2D eigenvalue weighted by Crippen LogP contribution is -2.37. The minimum Gasteiger partial charge on any atom is -0.399 e. The monoisotopic (exact) mass is 239 g/mol. The van der Waals surface area contributed by atoms with Gasteiger partial charge < -0.3 is 14.6 Å². The van der Waals surface area contributed by atoms with Crippen molar-refractivity contribution in [1.29, 1.82) is 0 Å². The summed E-state index contributed by atoms with van der Waals surface area (Å²) in [6.07, 6.45) is 2.03. The van der Waals surface area contributed by atoms with Crippen molar-refractivity contribution in [3.8, 4) is 0 Å². The summed E-state index contributed by atoms with van der Waals surface area (Å²) < 4.78 is 11.6. The number of nitrogen functional groups attached to an aromatic ring is 1. The second-order valence-corrected chi connectivity index (χ2v) is 5.74. The van der Waals surface area contributed by atoms with E-state index in [1.165, 1.54) is 0 Å². The van der Waals surface area contributed by atoms with Crippen molar-refractivity contribution < 1.29 is 8.85 Å². The molecule has 0 heterocycles. The number of hydrogen-bond acceptors (Lipinski definition) is 3. The van der Waals surface area contributed by atoms with Crippen LogP contribution in [0.1, 0.15) is 26.7 Å². The van der Waals surface area contributed by atoms with Crippen molar-refractivity contribution in [3.63, 3.8) is 0 Å². The molecular formula is C12H21NO2Si. The van der Waals surface area contributed by atoms with Gasteiger partial charge in [-0.25, -0.2) is 0 Å². The van der Waals surface area contributed by atoms with Gasteiger partial charge in [0, 0.05) is 18.9 Å². The lowest BCUT2D eigenvalue weighted by atomic mass is 10.3. The van der Waals surface area contributed by atoms with Gasteiger partial charge in [-0.2, -0.15) is 0 Å². The summed E-state index contributed by atoms with van der Waals surface area (Å²) >= 11 is 0. The summed E-state index contributed by atoms with van der Waals surface area (Å²) in [5.74, 6) is 0. The van der Waals surface area contributed by atoms with Crippen LogP contribution < -0.4 is 10.9 Å². The molecule has 0 aliphatic rings. The van der Waals surface area contributed by atoms with Crippen molar-refractivity contribution in [2.24, 2.45) is 0 Å². The van der Waals surface area contributed by atoms with Crippen molar-refractivity contribution in [1.82, 2.24) is 0 Å². The largest absolute Gasteiger partial charge is 0.399 e. The number of hydrogen-bond donors (Lipinski definition) is 1. The first-order chi connectivity index (χ1) is 7.77. The Hall–Kier alpha value is -0.843. The quantitative estimate of drug-likeness (QED) is 0.580. The predicted octanol–water partition coefficient (Wildman–Crippen LogP) is 1.55. The van der Waals surface area contributed by atoms with Gasteiger partial charge in [0.25, 0.3) is 0 Å². The Morgan fingerprint density at radius 3 is 2.25 bits per heavy atom. The van der Waals surface area contributed by atoms with Crippen LogP contribution in [0.4, 0.5) is 5.69 Å². The first-order valence-electron chi connectivity index (χ1n) is 5.86. The van der Waals surface area contributed by atoms with E-state index in [2.05, 4.69) is 13.8 Å². The van der Waals surface area contributed by atoms with Gasteiger partial charge in [-0.05, 0) is 30.2 Å². The zero-order valence-corrected chi connectivity index (χ0v) is 11.3. The molecule has 16 heavy (non-hydrogen) atoms. The van der Waals surface area contributed by atoms with Gasteiger partial charge in [0.2, 0.25) is 0 Å². The van der Waals surface area contributed by atoms with E-state index in [1.54, 1.807) is 0 Å². The number of nitrogens with two attached hydrogens (primary N) is 1. The molecule has 0 saturated carbocycles. The highest BCUT2D eigenvalue weighted by Gasteiger charge is 2.15. The summed E-state index contributed by atoms with van der Waals surface area (Å²) in [6.45, 7) is 5.72. The Bertz CT molecular complexity index is 299. The Labute approximate surface area is 99.4 Å². The highest BCUT2D eigenvalue weighted by atomic mass is 28.3. The molecule has 0 spiro atoms. The van der Waals surface area contributed by atoms with Gasteiger partial charge in [-0.1, -0.05) is 26.0 Å². The maximum absolute atomic E-state index is 5.80. The zero-order chi connectivity index (χ0) is 11.8. The number of benzene rings is 1. The number of anilines is 1. The SMILES string of the molecule is CCCO[SiH](OCCC)c1cccc(N)c1. The van der Waals surface area contributed by atoms with Gasteiger partial charge >= 0.3 is 9.28 Å². The topological polar surface area (TPSA) is 44.5 Å². The van der Waals surface area contributed by atoms with E-state index in [-0.39, 0.29) is 0 Å². The molecule has 0 radical (unpaired) electrons. The smallest absolute Gasteiger partial charge is 0.355 e. The second kappa shape index (κ2) is 7.43. The molecule has 0 unspecified atom stereocenters. The third-order valence-corrected chi connectivity index (χ3v) is 4.11. The minimum absolute atomic E-state index is 0.759. The fourth-order valence-corrected chi connectivity index (χ4v) is 3.37. The average molecular weight is 239 g/mol. The van der Waals surface area contributed by atoms with Crippen LogP contribution in [0.3, 0.4) is 0 Å². The van der Waals surface area contributed by atoms with Gasteiger partial charge in [0.15, 0.2) is 0 Å². The first kappa shape index (κ1) is 13.2. The van der Waals surface area contributed by atoms with E-state index in [0.717, 1.165) is 36.9 Å². The summed E-state index contributed by atoms with van der Waals surface area (Å²) in [5, 5.41) is 1.13. The Kier molecular flexibility index (Phi) is 6.14. The van der Waals surface area contributed by atoms with Crippen LogP contribution in [0.2, 0.25) is 0 Å². The lowest BCUT2D eigenvalue weighted by Gasteiger charge is -2.16. The molecule has 3 nitrogen and oxygen atoms in total. The van der Waals surface area contributed by atoms with E-state index < -0.39 is 9.28 Å². The van der Waals surface area contributed by atoms with Crippen molar-refractivity contribution >= 4 is 20.2 Å². The molecule has 0 fully saturated rings. The fraction of sp³-hybridized carbons (Fsp3) is 0.500. The van der Waals surface area contributed by atoms with Crippen molar-refractivity contribution in [2.45, 2.75) is 26.7 Å². The Morgan fingerprint density at radius 2 is 1.75 bits per heavy atom. The molecule has 1 aromatic rings. The molecule has 1 aromatic carbocycles. The van der Waals surface area contributed by atoms with Crippen molar-refractivity contribution in [3.05, 3.63) is 24.3 Å². The Morgan fingerprint density at radius 1 is 1.12 bits per heavy atom. The molecule has 0 saturated heterocycles. The molecule has 0 aliphatic carbocycles. The fourth-order valence-electron chi connectivity index (χ4n) is 1.40. The molecular weight excluding hydrogens is 218 g/mol. The highest BCUT2D eigenvalue weighted by Crippen LogP contribution is 2.01. The maximum Gasteiger partial charge on any atom is 0.355 e. The van der Waals surface area contributed by atoms with Crippen LogP contribution >= 0.6 is 0 Å². The molecule has 0 bridgehead atoms. The van der Waals surface area contributed by atoms with Gasteiger partial charge in [0.1, 0.15) is 0 Å². The predicted molar refractivity (Wildman–Crippen MR) is 70.1 cm³/mol. The van der Waals surface area contributed by atoms with Crippen LogP contribution in [0.15, 0.2) is 24.3 Å². The van der Waals surface area contributed by atoms with E-state index in [4.69, 9.17) is 14.6 Å². The summed E-state index contributed by atoms with van der Waals surface area (Å²) in [7, 11) is -1.74. The molecule has 4 heteroatoms. The summed E-state index contributed by atoms with van der Waals surface area (Å²) in [5.41, 5.74) is 6.54. The van der Waals surface area contributed by atoms with E-state index in [1.807, 2.05) is 24.3 Å². The molecule has 90 valence electrons. The number of rotatable bonds is 7. The summed E-state index contributed by atoms with van der Waals surface area (Å²) in [6, 6.07) is 7.84. The van der Waals surface area contributed by atoms with Gasteiger partial charge in [0.05, 0.1) is 0 Å². The van der Waals surface area contributed by atoms with Gasteiger partial charge in [-0.3, -0.25) is 0 Å². The van der Waals surface area contributed by atoms with E-state index in [0.29, 0.717) is 0 Å². The van der Waals surface area contributed by atoms with Crippen molar-refractivity contribution in [2.75, 3.05) is 18.9 Å². The average Bonchev–Trinajstić information content (AvgIpc) is 2.29. The van der Waals surface area contributed by atoms with Crippen LogP contribution in [-0.4, -0.2) is 22.5 Å². The van der Waals surface area contributed by atoms with E-state index in [9.17, 15) is 0 Å². The van der Waals surface area contributed by atoms with Crippen LogP contribution in [-0.2, 0) is 8.85 Å². The second-order valence-electron chi connectivity index (χ2n) is 3.74. The third-order valence-electron chi connectivity index (χ3n) is 2.13. The van der Waals surface area contributed by atoms with Crippen LogP contribution in [0, 0.1) is 0 Å². The zero-order valence-electron chi connectivity index (χ0n) is 10.1. The van der Waals surface area contributed by atoms with E-state index >= 15 is 0 Å². The summed E-state index contributed by atoms with van der Waals surface area (Å²) in [4.78, 5) is 0. The Balaban J connectivity index is 2.66. The standard InChI is InChI=1S/C12H21NO2Si/c1-3-8-14-16(15-9-4-2)12-7-5-6-11(13)10-12/h5-7,10,16H,3-4,8-9,13H2,1-2H3. The lowest BCUT2D eigenvalue weighted by molar-refractivity contribution is 0.207.